The molecule has 1 atom stereocenters. The van der Waals surface area contributed by atoms with E-state index in [0.29, 0.717) is 19.0 Å². The molecule has 0 radical (unpaired) electrons. The van der Waals surface area contributed by atoms with Crippen molar-refractivity contribution in [2.24, 2.45) is 5.92 Å². The minimum absolute atomic E-state index is 0.201. The number of rotatable bonds is 3. The van der Waals surface area contributed by atoms with Gasteiger partial charge in [0, 0.05) is 19.1 Å². The maximum absolute atomic E-state index is 13.1. The lowest BCUT2D eigenvalue weighted by Crippen LogP contribution is -2.51. The average molecular weight is 264 g/mol. The van der Waals surface area contributed by atoms with Gasteiger partial charge in [0.25, 0.3) is 0 Å². The number of halogens is 3. The highest BCUT2D eigenvalue weighted by molar-refractivity contribution is 5.10. The van der Waals surface area contributed by atoms with E-state index in [1.807, 2.05) is 0 Å². The number of alkyl halides is 3. The van der Waals surface area contributed by atoms with Crippen LogP contribution in [0.1, 0.15) is 39.5 Å². The predicted octanol–water partition coefficient (Wildman–Crippen LogP) is 2.79. The average Bonchev–Trinajstić information content (AvgIpc) is 2.97. The fourth-order valence-corrected chi connectivity index (χ4v) is 3.01. The highest BCUT2D eigenvalue weighted by Gasteiger charge is 2.66. The molecule has 2 nitrogen and oxygen atoms in total. The first kappa shape index (κ1) is 14.1. The summed E-state index contributed by atoms with van der Waals surface area (Å²) in [6.07, 6.45) is -1.74. The van der Waals surface area contributed by atoms with Crippen molar-refractivity contribution in [3.63, 3.8) is 0 Å². The molecule has 1 aliphatic heterocycles. The van der Waals surface area contributed by atoms with Crippen molar-refractivity contribution in [3.8, 4) is 0 Å². The summed E-state index contributed by atoms with van der Waals surface area (Å²) in [4.78, 5) is 1.69. The second-order valence-corrected chi connectivity index (χ2v) is 6.11. The van der Waals surface area contributed by atoms with Gasteiger partial charge in [0.2, 0.25) is 0 Å². The zero-order valence-electron chi connectivity index (χ0n) is 11.2. The summed E-state index contributed by atoms with van der Waals surface area (Å²) in [5, 5.41) is 3.39. The molecule has 0 amide bonds. The molecule has 18 heavy (non-hydrogen) atoms. The normalized spacial score (nSPS) is 29.3. The van der Waals surface area contributed by atoms with Crippen LogP contribution in [0.5, 0.6) is 0 Å². The molecule has 1 aliphatic carbocycles. The standard InChI is InChI=1S/C13H23F3N2/c1-10(2)8-11-9-18(7-3-6-17-11)12(4-5-12)13(14,15)16/h10-11,17H,3-9H2,1-2H3. The van der Waals surface area contributed by atoms with Crippen LogP contribution in [0, 0.1) is 5.92 Å². The van der Waals surface area contributed by atoms with Gasteiger partial charge in [0.1, 0.15) is 5.54 Å². The molecule has 1 saturated carbocycles. The fourth-order valence-electron chi connectivity index (χ4n) is 3.01. The smallest absolute Gasteiger partial charge is 0.313 e. The molecular weight excluding hydrogens is 241 g/mol. The van der Waals surface area contributed by atoms with E-state index < -0.39 is 11.7 Å². The maximum Gasteiger partial charge on any atom is 0.406 e. The van der Waals surface area contributed by atoms with Crippen LogP contribution in [0.15, 0.2) is 0 Å². The lowest BCUT2D eigenvalue weighted by Gasteiger charge is -2.34. The first-order valence-corrected chi connectivity index (χ1v) is 6.90. The number of hydrogen-bond donors (Lipinski definition) is 1. The van der Waals surface area contributed by atoms with E-state index >= 15 is 0 Å². The maximum atomic E-state index is 13.1. The van der Waals surface area contributed by atoms with Crippen molar-refractivity contribution >= 4 is 0 Å². The van der Waals surface area contributed by atoms with Gasteiger partial charge in [-0.05, 0) is 38.1 Å². The largest absolute Gasteiger partial charge is 0.406 e. The van der Waals surface area contributed by atoms with Crippen LogP contribution in [0.2, 0.25) is 0 Å². The Kier molecular flexibility index (Phi) is 3.93. The van der Waals surface area contributed by atoms with Crippen LogP contribution < -0.4 is 5.32 Å². The molecular formula is C13H23F3N2. The third kappa shape index (κ3) is 2.82. The molecule has 106 valence electrons. The second kappa shape index (κ2) is 5.00. The van der Waals surface area contributed by atoms with Crippen LogP contribution in [0.25, 0.3) is 0 Å². The van der Waals surface area contributed by atoms with Crippen LogP contribution in [-0.4, -0.2) is 42.3 Å². The van der Waals surface area contributed by atoms with Crippen LogP contribution >= 0.6 is 0 Å². The summed E-state index contributed by atoms with van der Waals surface area (Å²) in [5.74, 6) is 0.517. The number of nitrogens with zero attached hydrogens (tertiary/aromatic N) is 1. The summed E-state index contributed by atoms with van der Waals surface area (Å²) >= 11 is 0. The minimum atomic E-state index is -4.07. The van der Waals surface area contributed by atoms with E-state index in [4.69, 9.17) is 0 Å². The lowest BCUT2D eigenvalue weighted by atomic mass is 10.0. The summed E-state index contributed by atoms with van der Waals surface area (Å²) in [5.41, 5.74) is -1.49. The van der Waals surface area contributed by atoms with Crippen LogP contribution in [0.3, 0.4) is 0 Å². The van der Waals surface area contributed by atoms with Crippen molar-refractivity contribution in [1.29, 1.82) is 0 Å². The SMILES string of the molecule is CC(C)CC1CN(C2(C(F)(F)F)CC2)CCCN1. The summed E-state index contributed by atoms with van der Waals surface area (Å²) in [6.45, 7) is 6.18. The van der Waals surface area contributed by atoms with E-state index in [9.17, 15) is 13.2 Å². The Morgan fingerprint density at radius 2 is 2.00 bits per heavy atom. The molecule has 1 saturated heterocycles. The molecule has 2 aliphatic rings. The highest BCUT2D eigenvalue weighted by Crippen LogP contribution is 2.53. The molecule has 1 heterocycles. The first-order valence-electron chi connectivity index (χ1n) is 6.90. The molecule has 1 unspecified atom stereocenters. The van der Waals surface area contributed by atoms with Gasteiger partial charge in [0.05, 0.1) is 0 Å². The van der Waals surface area contributed by atoms with Gasteiger partial charge in [-0.15, -0.1) is 0 Å². The Morgan fingerprint density at radius 3 is 2.50 bits per heavy atom. The van der Waals surface area contributed by atoms with Crippen molar-refractivity contribution in [2.45, 2.75) is 57.3 Å². The van der Waals surface area contributed by atoms with Gasteiger partial charge in [-0.3, -0.25) is 4.90 Å². The molecule has 2 rings (SSSR count). The third-order valence-corrected chi connectivity index (χ3v) is 4.09. The zero-order valence-corrected chi connectivity index (χ0v) is 11.2. The second-order valence-electron chi connectivity index (χ2n) is 6.11. The molecule has 0 bridgehead atoms. The zero-order chi connectivity index (χ0) is 13.4. The third-order valence-electron chi connectivity index (χ3n) is 4.09. The molecule has 0 aromatic carbocycles. The lowest BCUT2D eigenvalue weighted by molar-refractivity contribution is -0.196. The van der Waals surface area contributed by atoms with Crippen molar-refractivity contribution in [3.05, 3.63) is 0 Å². The van der Waals surface area contributed by atoms with Gasteiger partial charge in [-0.1, -0.05) is 13.8 Å². The van der Waals surface area contributed by atoms with E-state index in [2.05, 4.69) is 19.2 Å². The van der Waals surface area contributed by atoms with Gasteiger partial charge < -0.3 is 5.32 Å². The number of nitrogens with one attached hydrogen (secondary N) is 1. The van der Waals surface area contributed by atoms with E-state index in [1.165, 1.54) is 0 Å². The van der Waals surface area contributed by atoms with Crippen LogP contribution in [0.4, 0.5) is 13.2 Å². The molecule has 5 heteroatoms. The highest BCUT2D eigenvalue weighted by atomic mass is 19.4. The fraction of sp³-hybridized carbons (Fsp3) is 1.00. The van der Waals surface area contributed by atoms with Crippen molar-refractivity contribution in [1.82, 2.24) is 10.2 Å². The molecule has 0 spiro atoms. The molecule has 2 fully saturated rings. The van der Waals surface area contributed by atoms with E-state index in [1.54, 1.807) is 4.90 Å². The van der Waals surface area contributed by atoms with Gasteiger partial charge in [0.15, 0.2) is 0 Å². The van der Waals surface area contributed by atoms with E-state index in [-0.39, 0.29) is 18.9 Å². The Hall–Kier alpha value is -0.290. The summed E-state index contributed by atoms with van der Waals surface area (Å²) in [6, 6.07) is 0.201. The molecule has 0 aromatic rings. The van der Waals surface area contributed by atoms with Gasteiger partial charge in [-0.2, -0.15) is 13.2 Å². The van der Waals surface area contributed by atoms with Crippen molar-refractivity contribution in [2.75, 3.05) is 19.6 Å². The van der Waals surface area contributed by atoms with Gasteiger partial charge in [-0.25, -0.2) is 0 Å². The topological polar surface area (TPSA) is 15.3 Å². The Labute approximate surface area is 107 Å². The molecule has 0 aromatic heterocycles. The minimum Gasteiger partial charge on any atom is -0.313 e. The van der Waals surface area contributed by atoms with Crippen LogP contribution in [-0.2, 0) is 0 Å². The Bertz CT molecular complexity index is 284. The monoisotopic (exact) mass is 264 g/mol. The van der Waals surface area contributed by atoms with Crippen molar-refractivity contribution < 1.29 is 13.2 Å². The van der Waals surface area contributed by atoms with E-state index in [0.717, 1.165) is 19.4 Å². The van der Waals surface area contributed by atoms with Gasteiger partial charge >= 0.3 is 6.18 Å². The molecule has 1 N–H and O–H groups in total. The quantitative estimate of drug-likeness (QED) is 0.843. The summed E-state index contributed by atoms with van der Waals surface area (Å²) in [7, 11) is 0. The summed E-state index contributed by atoms with van der Waals surface area (Å²) < 4.78 is 39.4. The number of hydrogen-bond acceptors (Lipinski definition) is 2. The predicted molar refractivity (Wildman–Crippen MR) is 65.5 cm³/mol. The Morgan fingerprint density at radius 1 is 1.33 bits per heavy atom. The first-order chi connectivity index (χ1) is 8.35. The Balaban J connectivity index is 2.04.